The number of carbonyl (C=O) groups excluding carboxylic acids is 1. The fourth-order valence-electron chi connectivity index (χ4n) is 2.74. The first-order valence-electron chi connectivity index (χ1n) is 7.48. The zero-order valence-electron chi connectivity index (χ0n) is 11.8. The molecule has 2 aliphatic carbocycles. The number of carboxylic acid groups (broad SMARTS) is 1. The van der Waals surface area contributed by atoms with E-state index in [1.54, 1.807) is 16.7 Å². The van der Waals surface area contributed by atoms with E-state index >= 15 is 0 Å². The van der Waals surface area contributed by atoms with Crippen LogP contribution in [0.25, 0.3) is 0 Å². The van der Waals surface area contributed by atoms with Gasteiger partial charge in [-0.05, 0) is 44.4 Å². The summed E-state index contributed by atoms with van der Waals surface area (Å²) < 4.78 is 0. The lowest BCUT2D eigenvalue weighted by molar-refractivity contribution is -0.141. The Hall–Kier alpha value is -0.910. The second-order valence-electron chi connectivity index (χ2n) is 6.27. The molecular weight excluding hydrogens is 276 g/mol. The third-order valence-corrected chi connectivity index (χ3v) is 5.57. The lowest BCUT2D eigenvalue weighted by Crippen LogP contribution is -2.52. The third kappa shape index (κ3) is 3.05. The van der Waals surface area contributed by atoms with Crippen LogP contribution in [-0.4, -0.2) is 57.2 Å². The summed E-state index contributed by atoms with van der Waals surface area (Å²) in [6.45, 7) is 3.56. The van der Waals surface area contributed by atoms with Crippen LogP contribution in [0.5, 0.6) is 0 Å². The summed E-state index contributed by atoms with van der Waals surface area (Å²) in [5.41, 5.74) is 0. The van der Waals surface area contributed by atoms with E-state index < -0.39 is 12.0 Å². The van der Waals surface area contributed by atoms with Gasteiger partial charge in [-0.2, -0.15) is 0 Å². The van der Waals surface area contributed by atoms with Gasteiger partial charge < -0.3 is 10.0 Å². The van der Waals surface area contributed by atoms with Gasteiger partial charge in [0.1, 0.15) is 6.04 Å². The van der Waals surface area contributed by atoms with Gasteiger partial charge in [-0.25, -0.2) is 9.59 Å². The molecule has 0 aromatic rings. The Morgan fingerprint density at radius 2 is 1.75 bits per heavy atom. The molecule has 5 nitrogen and oxygen atoms in total. The molecule has 0 bridgehead atoms. The molecule has 1 N–H and O–H groups in total. The molecule has 2 amide bonds. The largest absolute Gasteiger partial charge is 0.480 e. The van der Waals surface area contributed by atoms with Crippen molar-refractivity contribution >= 4 is 23.8 Å². The predicted molar refractivity (Wildman–Crippen MR) is 77.6 cm³/mol. The highest BCUT2D eigenvalue weighted by molar-refractivity contribution is 8.00. The van der Waals surface area contributed by atoms with E-state index in [1.807, 2.05) is 11.8 Å². The van der Waals surface area contributed by atoms with Crippen molar-refractivity contribution in [3.05, 3.63) is 0 Å². The Labute approximate surface area is 123 Å². The number of rotatable bonds is 5. The van der Waals surface area contributed by atoms with Gasteiger partial charge in [0, 0.05) is 18.8 Å². The summed E-state index contributed by atoms with van der Waals surface area (Å²) in [7, 11) is 0. The number of hydrogen-bond acceptors (Lipinski definition) is 3. The van der Waals surface area contributed by atoms with E-state index in [-0.39, 0.29) is 11.4 Å². The molecule has 3 fully saturated rings. The number of hydrogen-bond donors (Lipinski definition) is 1. The van der Waals surface area contributed by atoms with E-state index in [4.69, 9.17) is 0 Å². The molecule has 0 radical (unpaired) electrons. The van der Waals surface area contributed by atoms with E-state index in [0.29, 0.717) is 17.6 Å². The molecule has 2 saturated carbocycles. The van der Waals surface area contributed by atoms with Crippen molar-refractivity contribution in [1.29, 1.82) is 0 Å². The molecule has 0 aromatic heterocycles. The van der Waals surface area contributed by atoms with Gasteiger partial charge in [0.25, 0.3) is 0 Å². The molecule has 3 aliphatic rings. The standard InChI is InChI=1S/C14H22N2O3S/c1-9-16(12(8-20-9)13(17)18)14(19)15(6-10-2-3-10)7-11-4-5-11/h9-12H,2-8H2,1H3,(H,17,18). The van der Waals surface area contributed by atoms with Crippen molar-refractivity contribution < 1.29 is 14.7 Å². The van der Waals surface area contributed by atoms with E-state index in [2.05, 4.69) is 0 Å². The minimum Gasteiger partial charge on any atom is -0.480 e. The SMILES string of the molecule is CC1SCC(C(=O)O)N1C(=O)N(CC1CC1)CC1CC1. The fraction of sp³-hybridized carbons (Fsp3) is 0.857. The highest BCUT2D eigenvalue weighted by atomic mass is 32.2. The normalized spacial score (nSPS) is 29.6. The summed E-state index contributed by atoms with van der Waals surface area (Å²) in [4.78, 5) is 27.6. The van der Waals surface area contributed by atoms with E-state index in [9.17, 15) is 14.7 Å². The average Bonchev–Trinajstić information content (AvgIpc) is 3.30. The maximum absolute atomic E-state index is 12.8. The van der Waals surface area contributed by atoms with Crippen LogP contribution in [-0.2, 0) is 4.79 Å². The first-order chi connectivity index (χ1) is 9.56. The minimum atomic E-state index is -0.881. The molecule has 6 heteroatoms. The second-order valence-corrected chi connectivity index (χ2v) is 7.62. The van der Waals surface area contributed by atoms with Gasteiger partial charge in [-0.1, -0.05) is 0 Å². The van der Waals surface area contributed by atoms with Gasteiger partial charge in [0.05, 0.1) is 5.37 Å². The number of carbonyl (C=O) groups is 2. The minimum absolute atomic E-state index is 0.0375. The summed E-state index contributed by atoms with van der Waals surface area (Å²) in [6, 6.07) is -0.725. The quantitative estimate of drug-likeness (QED) is 0.844. The Bertz CT molecular complexity index is 395. The molecule has 0 spiro atoms. The van der Waals surface area contributed by atoms with Crippen molar-refractivity contribution in [1.82, 2.24) is 9.80 Å². The lowest BCUT2D eigenvalue weighted by Gasteiger charge is -2.32. The lowest BCUT2D eigenvalue weighted by atomic mass is 10.2. The Morgan fingerprint density at radius 1 is 1.20 bits per heavy atom. The predicted octanol–water partition coefficient (Wildman–Crippen LogP) is 2.08. The molecule has 2 atom stereocenters. The smallest absolute Gasteiger partial charge is 0.327 e. The van der Waals surface area contributed by atoms with Gasteiger partial charge in [0.15, 0.2) is 0 Å². The Kier molecular flexibility index (Phi) is 3.84. The summed E-state index contributed by atoms with van der Waals surface area (Å²) in [5, 5.41) is 9.26. The molecule has 0 aromatic carbocycles. The molecule has 1 saturated heterocycles. The molecule has 112 valence electrons. The molecule has 1 aliphatic heterocycles. The van der Waals surface area contributed by atoms with Crippen molar-refractivity contribution in [2.45, 2.75) is 44.0 Å². The maximum Gasteiger partial charge on any atom is 0.327 e. The van der Waals surface area contributed by atoms with Crippen LogP contribution in [0.3, 0.4) is 0 Å². The number of thioether (sulfide) groups is 1. The van der Waals surface area contributed by atoms with Gasteiger partial charge in [-0.15, -0.1) is 11.8 Å². The number of nitrogens with zero attached hydrogens (tertiary/aromatic N) is 2. The van der Waals surface area contributed by atoms with Gasteiger partial charge in [0.2, 0.25) is 0 Å². The molecular formula is C14H22N2O3S. The van der Waals surface area contributed by atoms with Crippen molar-refractivity contribution in [3.8, 4) is 0 Å². The van der Waals surface area contributed by atoms with Crippen molar-refractivity contribution in [3.63, 3.8) is 0 Å². The average molecular weight is 298 g/mol. The van der Waals surface area contributed by atoms with Crippen molar-refractivity contribution in [2.24, 2.45) is 11.8 Å². The van der Waals surface area contributed by atoms with Gasteiger partial charge >= 0.3 is 12.0 Å². The zero-order chi connectivity index (χ0) is 14.3. The summed E-state index contributed by atoms with van der Waals surface area (Å²) in [6.07, 6.45) is 4.84. The monoisotopic (exact) mass is 298 g/mol. The molecule has 3 rings (SSSR count). The number of aliphatic carboxylic acids is 1. The Morgan fingerprint density at radius 3 is 2.20 bits per heavy atom. The second kappa shape index (κ2) is 5.47. The van der Waals surface area contributed by atoms with E-state index in [0.717, 1.165) is 13.1 Å². The van der Waals surface area contributed by atoms with Crippen LogP contribution in [0.4, 0.5) is 4.79 Å². The maximum atomic E-state index is 12.8. The summed E-state index contributed by atoms with van der Waals surface area (Å²) >= 11 is 1.55. The van der Waals surface area contributed by atoms with Crippen LogP contribution in [0, 0.1) is 11.8 Å². The number of carboxylic acids is 1. The third-order valence-electron chi connectivity index (χ3n) is 4.35. The summed E-state index contributed by atoms with van der Waals surface area (Å²) in [5.74, 6) is 0.911. The van der Waals surface area contributed by atoms with Crippen LogP contribution in [0.15, 0.2) is 0 Å². The van der Waals surface area contributed by atoms with E-state index in [1.165, 1.54) is 25.7 Å². The van der Waals surface area contributed by atoms with Crippen LogP contribution >= 0.6 is 11.8 Å². The molecule has 20 heavy (non-hydrogen) atoms. The molecule has 2 unspecified atom stereocenters. The number of amides is 2. The van der Waals surface area contributed by atoms with Crippen LogP contribution in [0.1, 0.15) is 32.6 Å². The van der Waals surface area contributed by atoms with Crippen molar-refractivity contribution in [2.75, 3.05) is 18.8 Å². The van der Waals surface area contributed by atoms with Crippen LogP contribution in [0.2, 0.25) is 0 Å². The van der Waals surface area contributed by atoms with Crippen LogP contribution < -0.4 is 0 Å². The zero-order valence-corrected chi connectivity index (χ0v) is 12.6. The first kappa shape index (κ1) is 14.0. The highest BCUT2D eigenvalue weighted by Gasteiger charge is 2.43. The Balaban J connectivity index is 1.70. The number of urea groups is 1. The first-order valence-corrected chi connectivity index (χ1v) is 8.52. The molecule has 1 heterocycles. The topological polar surface area (TPSA) is 60.9 Å². The fourth-order valence-corrected chi connectivity index (χ4v) is 3.90. The van der Waals surface area contributed by atoms with Gasteiger partial charge in [-0.3, -0.25) is 4.90 Å². The highest BCUT2D eigenvalue weighted by Crippen LogP contribution is 2.36.